The largest absolute Gasteiger partial charge is 0.335 e. The second-order valence-corrected chi connectivity index (χ2v) is 10.3. The molecule has 1 N–H and O–H groups in total. The molecule has 1 fully saturated rings. The summed E-state index contributed by atoms with van der Waals surface area (Å²) in [6.07, 6.45) is 1.75. The van der Waals surface area contributed by atoms with Crippen LogP contribution in [0.4, 0.5) is 5.69 Å². The molecule has 2 amide bonds. The van der Waals surface area contributed by atoms with Crippen LogP contribution in [0.3, 0.4) is 0 Å². The molecule has 1 aliphatic carbocycles. The number of anilines is 1. The third-order valence-corrected chi connectivity index (χ3v) is 7.42. The fourth-order valence-corrected chi connectivity index (χ4v) is 5.52. The van der Waals surface area contributed by atoms with E-state index >= 15 is 0 Å². The van der Waals surface area contributed by atoms with Crippen molar-refractivity contribution in [2.24, 2.45) is 0 Å². The Morgan fingerprint density at radius 2 is 1.79 bits per heavy atom. The molecule has 2 aromatic heterocycles. The van der Waals surface area contributed by atoms with Gasteiger partial charge in [0.2, 0.25) is 5.91 Å². The molecule has 0 radical (unpaired) electrons. The van der Waals surface area contributed by atoms with Crippen molar-refractivity contribution in [2.75, 3.05) is 59.2 Å². The monoisotopic (exact) mass is 478 g/mol. The second-order valence-electron chi connectivity index (χ2n) is 9.27. The zero-order valence-corrected chi connectivity index (χ0v) is 20.7. The first kappa shape index (κ1) is 22.8. The molecule has 0 unspecified atom stereocenters. The molecule has 34 heavy (non-hydrogen) atoms. The van der Waals surface area contributed by atoms with Crippen LogP contribution in [0.1, 0.15) is 20.9 Å². The number of carbonyl (C=O) groups is 2. The maximum Gasteiger partial charge on any atom is 0.274 e. The molecular weight excluding hydrogens is 448 g/mol. The van der Waals surface area contributed by atoms with Gasteiger partial charge in [0, 0.05) is 47.9 Å². The van der Waals surface area contributed by atoms with Crippen molar-refractivity contribution in [3.8, 4) is 16.9 Å². The van der Waals surface area contributed by atoms with Crippen LogP contribution in [0, 0.1) is 0 Å². The van der Waals surface area contributed by atoms with Crippen LogP contribution >= 0.6 is 11.3 Å². The molecule has 0 bridgehead atoms. The summed E-state index contributed by atoms with van der Waals surface area (Å²) in [5.41, 5.74) is 5.40. The Kier molecular flexibility index (Phi) is 6.24. The van der Waals surface area contributed by atoms with Gasteiger partial charge < -0.3 is 20.0 Å². The minimum Gasteiger partial charge on any atom is -0.335 e. The Labute approximate surface area is 203 Å². The van der Waals surface area contributed by atoms with Gasteiger partial charge in [0.05, 0.1) is 17.9 Å². The van der Waals surface area contributed by atoms with Crippen molar-refractivity contribution >= 4 is 28.8 Å². The van der Waals surface area contributed by atoms with E-state index in [-0.39, 0.29) is 11.8 Å². The number of nitrogens with zero attached hydrogens (tertiary/aromatic N) is 5. The molecule has 1 aromatic carbocycles. The number of benzene rings is 1. The minimum atomic E-state index is -0.0582. The third-order valence-electron chi connectivity index (χ3n) is 6.43. The summed E-state index contributed by atoms with van der Waals surface area (Å²) in [4.78, 5) is 33.0. The van der Waals surface area contributed by atoms with E-state index < -0.39 is 0 Å². The van der Waals surface area contributed by atoms with Gasteiger partial charge in [-0.1, -0.05) is 0 Å². The van der Waals surface area contributed by atoms with E-state index in [1.165, 1.54) is 10.4 Å². The lowest BCUT2D eigenvalue weighted by atomic mass is 9.94. The average Bonchev–Trinajstić information content (AvgIpc) is 3.43. The molecule has 5 rings (SSSR count). The van der Waals surface area contributed by atoms with Crippen molar-refractivity contribution in [3.05, 3.63) is 51.8 Å². The highest BCUT2D eigenvalue weighted by molar-refractivity contribution is 7.10. The number of aryl methyl sites for hydroxylation is 1. The van der Waals surface area contributed by atoms with Crippen LogP contribution in [0.25, 0.3) is 16.9 Å². The van der Waals surface area contributed by atoms with Crippen LogP contribution < -0.4 is 5.32 Å². The zero-order chi connectivity index (χ0) is 23.8. The summed E-state index contributed by atoms with van der Waals surface area (Å²) in [5, 5.41) is 9.92. The van der Waals surface area contributed by atoms with E-state index in [4.69, 9.17) is 5.10 Å². The molecule has 8 nitrogen and oxygen atoms in total. The summed E-state index contributed by atoms with van der Waals surface area (Å²) in [5.74, 6) is -0.0356. The van der Waals surface area contributed by atoms with E-state index in [0.717, 1.165) is 61.7 Å². The van der Waals surface area contributed by atoms with Crippen molar-refractivity contribution < 1.29 is 9.59 Å². The molecule has 178 valence electrons. The van der Waals surface area contributed by atoms with Gasteiger partial charge in [-0.05, 0) is 69.7 Å². The average molecular weight is 479 g/mol. The lowest BCUT2D eigenvalue weighted by Crippen LogP contribution is -2.47. The number of aromatic nitrogens is 2. The number of fused-ring (bicyclic) bond motifs is 3. The normalized spacial score (nSPS) is 15.8. The fraction of sp³-hybridized carbons (Fsp3) is 0.400. The Bertz CT molecular complexity index is 1200. The maximum atomic E-state index is 13.5. The number of amides is 2. The summed E-state index contributed by atoms with van der Waals surface area (Å²) < 4.78 is 1.91. The molecular formula is C25H30N6O2S. The first-order valence-electron chi connectivity index (χ1n) is 11.6. The second kappa shape index (κ2) is 9.32. The summed E-state index contributed by atoms with van der Waals surface area (Å²) in [6, 6.07) is 9.80. The number of hydrogen-bond donors (Lipinski definition) is 1. The Balaban J connectivity index is 1.49. The van der Waals surface area contributed by atoms with E-state index in [1.807, 2.05) is 52.8 Å². The van der Waals surface area contributed by atoms with Crippen molar-refractivity contribution in [3.63, 3.8) is 0 Å². The van der Waals surface area contributed by atoms with Crippen LogP contribution in [0.15, 0.2) is 35.7 Å². The highest BCUT2D eigenvalue weighted by Crippen LogP contribution is 2.39. The van der Waals surface area contributed by atoms with Gasteiger partial charge in [-0.15, -0.1) is 11.3 Å². The predicted octanol–water partition coefficient (Wildman–Crippen LogP) is 2.59. The van der Waals surface area contributed by atoms with Crippen LogP contribution in [-0.2, 0) is 17.6 Å². The number of piperazine rings is 1. The minimum absolute atomic E-state index is 0.0225. The van der Waals surface area contributed by atoms with Crippen LogP contribution in [0.5, 0.6) is 0 Å². The van der Waals surface area contributed by atoms with Crippen LogP contribution in [-0.4, -0.2) is 90.2 Å². The number of rotatable bonds is 5. The maximum absolute atomic E-state index is 13.5. The predicted molar refractivity (Wildman–Crippen MR) is 135 cm³/mol. The molecule has 1 aliphatic heterocycles. The molecule has 3 heterocycles. The molecule has 0 atom stereocenters. The molecule has 0 spiro atoms. The third kappa shape index (κ3) is 4.38. The molecule has 2 aliphatic rings. The van der Waals surface area contributed by atoms with Crippen molar-refractivity contribution in [1.82, 2.24) is 24.5 Å². The number of carbonyl (C=O) groups excluding carboxylic acids is 2. The number of likely N-dealkylation sites (N-methyl/N-ethyl adjacent to an activating group) is 2. The fourth-order valence-electron chi connectivity index (χ4n) is 4.64. The van der Waals surface area contributed by atoms with Gasteiger partial charge in [-0.3, -0.25) is 9.59 Å². The SMILES string of the molecule is CN(C)CC(=O)Nc1ccc(-n2nc(C(=O)N3CCN(C)CC3)c3c2-c2ccsc2CC3)cc1. The van der Waals surface area contributed by atoms with E-state index in [2.05, 4.69) is 28.7 Å². The zero-order valence-electron chi connectivity index (χ0n) is 19.9. The molecule has 0 saturated carbocycles. The molecule has 9 heteroatoms. The summed E-state index contributed by atoms with van der Waals surface area (Å²) in [7, 11) is 5.82. The Morgan fingerprint density at radius 3 is 2.50 bits per heavy atom. The first-order chi connectivity index (χ1) is 16.4. The quantitative estimate of drug-likeness (QED) is 0.610. The number of thiophene rings is 1. The topological polar surface area (TPSA) is 73.7 Å². The standard InChI is InChI=1S/C25H30N6O2S/c1-28(2)16-22(32)26-17-4-6-18(7-5-17)31-24-19-10-15-34-21(19)9-8-20(24)23(27-31)25(33)30-13-11-29(3)12-14-30/h4-7,10,15H,8-9,11-14,16H2,1-3H3,(H,26,32). The van der Waals surface area contributed by atoms with E-state index in [9.17, 15) is 9.59 Å². The summed E-state index contributed by atoms with van der Waals surface area (Å²) in [6.45, 7) is 3.53. The summed E-state index contributed by atoms with van der Waals surface area (Å²) >= 11 is 1.76. The van der Waals surface area contributed by atoms with Crippen molar-refractivity contribution in [2.45, 2.75) is 12.8 Å². The highest BCUT2D eigenvalue weighted by Gasteiger charge is 2.32. The molecule has 3 aromatic rings. The van der Waals surface area contributed by atoms with Gasteiger partial charge in [0.15, 0.2) is 5.69 Å². The van der Waals surface area contributed by atoms with Gasteiger partial charge in [-0.25, -0.2) is 4.68 Å². The highest BCUT2D eigenvalue weighted by atomic mass is 32.1. The van der Waals surface area contributed by atoms with Gasteiger partial charge >= 0.3 is 0 Å². The lowest BCUT2D eigenvalue weighted by Gasteiger charge is -2.32. The van der Waals surface area contributed by atoms with Crippen molar-refractivity contribution in [1.29, 1.82) is 0 Å². The van der Waals surface area contributed by atoms with E-state index in [1.54, 1.807) is 11.3 Å². The van der Waals surface area contributed by atoms with Gasteiger partial charge in [-0.2, -0.15) is 5.10 Å². The smallest absolute Gasteiger partial charge is 0.274 e. The number of hydrogen-bond acceptors (Lipinski definition) is 6. The lowest BCUT2D eigenvalue weighted by molar-refractivity contribution is -0.116. The van der Waals surface area contributed by atoms with Gasteiger partial charge in [0.25, 0.3) is 5.91 Å². The van der Waals surface area contributed by atoms with Gasteiger partial charge in [0.1, 0.15) is 0 Å². The van der Waals surface area contributed by atoms with E-state index in [0.29, 0.717) is 12.2 Å². The first-order valence-corrected chi connectivity index (χ1v) is 12.5. The van der Waals surface area contributed by atoms with Crippen LogP contribution in [0.2, 0.25) is 0 Å². The Morgan fingerprint density at radius 1 is 1.06 bits per heavy atom. The Hall–Kier alpha value is -3.01. The molecule has 1 saturated heterocycles. The number of nitrogens with one attached hydrogen (secondary N) is 1.